The van der Waals surface area contributed by atoms with Gasteiger partial charge in [0.1, 0.15) is 0 Å². The van der Waals surface area contributed by atoms with E-state index in [-0.39, 0.29) is 0 Å². The molecule has 13 heavy (non-hydrogen) atoms. The van der Waals surface area contributed by atoms with Crippen LogP contribution in [0.15, 0.2) is 36.7 Å². The molecule has 3 heteroatoms. The fraction of sp³-hybridized carbons (Fsp3) is 0. The van der Waals surface area contributed by atoms with Crippen LogP contribution in [0, 0.1) is 0 Å². The molecule has 0 bridgehead atoms. The number of hydrogen-bond donors (Lipinski definition) is 1. The monoisotopic (exact) mass is 169 g/mol. The number of hydrogen-bond acceptors (Lipinski definition) is 2. The summed E-state index contributed by atoms with van der Waals surface area (Å²) in [6.07, 6.45) is 3.62. The Morgan fingerprint density at radius 2 is 2.00 bits per heavy atom. The predicted molar refractivity (Wildman–Crippen MR) is 51.4 cm³/mol. The van der Waals surface area contributed by atoms with Gasteiger partial charge in [-0.25, -0.2) is 0 Å². The van der Waals surface area contributed by atoms with E-state index in [4.69, 9.17) is 0 Å². The Labute approximate surface area is 74.4 Å². The number of H-pyrrole nitrogens is 1. The highest BCUT2D eigenvalue weighted by atomic mass is 15.1. The Morgan fingerprint density at radius 1 is 1.08 bits per heavy atom. The molecular weight excluding hydrogens is 162 g/mol. The number of nitrogens with one attached hydrogen (secondary N) is 1. The SMILES string of the molecule is c1ccc2c(c1)ncc1cn[nH]c12. The van der Waals surface area contributed by atoms with Crippen molar-refractivity contribution in [3.05, 3.63) is 36.7 Å². The molecule has 2 heterocycles. The fourth-order valence-corrected chi connectivity index (χ4v) is 1.55. The number of aromatic amines is 1. The summed E-state index contributed by atoms with van der Waals surface area (Å²) in [5.74, 6) is 0. The normalized spacial score (nSPS) is 11.1. The summed E-state index contributed by atoms with van der Waals surface area (Å²) in [4.78, 5) is 4.32. The molecule has 0 aliphatic carbocycles. The largest absolute Gasteiger partial charge is 0.277 e. The van der Waals surface area contributed by atoms with Crippen LogP contribution in [0.2, 0.25) is 0 Å². The molecule has 0 spiro atoms. The standard InChI is InChI=1S/C10H7N3/c1-2-4-9-8(3-1)10-7(5-11-9)6-12-13-10/h1-6H,(H,12,13). The van der Waals surface area contributed by atoms with Gasteiger partial charge in [0.15, 0.2) is 0 Å². The molecule has 1 aromatic carbocycles. The lowest BCUT2D eigenvalue weighted by molar-refractivity contribution is 1.12. The van der Waals surface area contributed by atoms with Crippen molar-refractivity contribution in [2.24, 2.45) is 0 Å². The number of fused-ring (bicyclic) bond motifs is 3. The molecule has 3 rings (SSSR count). The number of pyridine rings is 1. The van der Waals surface area contributed by atoms with Crippen molar-refractivity contribution in [1.82, 2.24) is 15.2 Å². The minimum absolute atomic E-state index is 0.999. The van der Waals surface area contributed by atoms with E-state index in [0.29, 0.717) is 0 Å². The predicted octanol–water partition coefficient (Wildman–Crippen LogP) is 2.11. The first kappa shape index (κ1) is 6.60. The van der Waals surface area contributed by atoms with E-state index in [2.05, 4.69) is 15.2 Å². The van der Waals surface area contributed by atoms with Gasteiger partial charge in [-0.15, -0.1) is 0 Å². The average molecular weight is 169 g/mol. The number of benzene rings is 1. The van der Waals surface area contributed by atoms with E-state index in [1.807, 2.05) is 30.5 Å². The molecule has 0 aliphatic rings. The summed E-state index contributed by atoms with van der Waals surface area (Å²) < 4.78 is 0. The Balaban J connectivity index is 2.65. The van der Waals surface area contributed by atoms with E-state index >= 15 is 0 Å². The fourth-order valence-electron chi connectivity index (χ4n) is 1.55. The number of rotatable bonds is 0. The smallest absolute Gasteiger partial charge is 0.0759 e. The van der Waals surface area contributed by atoms with E-state index in [0.717, 1.165) is 21.8 Å². The van der Waals surface area contributed by atoms with E-state index in [1.165, 1.54) is 0 Å². The topological polar surface area (TPSA) is 41.6 Å². The summed E-state index contributed by atoms with van der Waals surface area (Å²) in [6, 6.07) is 8.03. The van der Waals surface area contributed by atoms with Gasteiger partial charge in [0.05, 0.1) is 17.2 Å². The molecule has 3 nitrogen and oxygen atoms in total. The molecule has 0 atom stereocenters. The van der Waals surface area contributed by atoms with Gasteiger partial charge in [0.2, 0.25) is 0 Å². The molecule has 1 N–H and O–H groups in total. The zero-order valence-corrected chi connectivity index (χ0v) is 6.86. The highest BCUT2D eigenvalue weighted by Gasteiger charge is 2.00. The van der Waals surface area contributed by atoms with Crippen molar-refractivity contribution in [2.75, 3.05) is 0 Å². The zero-order chi connectivity index (χ0) is 8.67. The van der Waals surface area contributed by atoms with Gasteiger partial charge in [0, 0.05) is 17.0 Å². The van der Waals surface area contributed by atoms with Crippen molar-refractivity contribution < 1.29 is 0 Å². The third-order valence-electron chi connectivity index (χ3n) is 2.18. The van der Waals surface area contributed by atoms with Crippen LogP contribution in [0.25, 0.3) is 21.8 Å². The first-order valence-corrected chi connectivity index (χ1v) is 4.12. The van der Waals surface area contributed by atoms with Gasteiger partial charge >= 0.3 is 0 Å². The van der Waals surface area contributed by atoms with Crippen molar-refractivity contribution in [3.8, 4) is 0 Å². The van der Waals surface area contributed by atoms with Crippen LogP contribution < -0.4 is 0 Å². The minimum atomic E-state index is 0.999. The second kappa shape index (κ2) is 2.29. The lowest BCUT2D eigenvalue weighted by atomic mass is 10.2. The first-order valence-electron chi connectivity index (χ1n) is 4.12. The second-order valence-electron chi connectivity index (χ2n) is 2.98. The maximum atomic E-state index is 4.32. The third-order valence-corrected chi connectivity index (χ3v) is 2.18. The van der Waals surface area contributed by atoms with Gasteiger partial charge in [-0.3, -0.25) is 10.1 Å². The van der Waals surface area contributed by atoms with Crippen LogP contribution in [0.3, 0.4) is 0 Å². The van der Waals surface area contributed by atoms with E-state index < -0.39 is 0 Å². The molecule has 0 saturated heterocycles. The quantitative estimate of drug-likeness (QED) is 0.560. The minimum Gasteiger partial charge on any atom is -0.277 e. The van der Waals surface area contributed by atoms with Crippen LogP contribution in [-0.4, -0.2) is 15.2 Å². The number of para-hydroxylation sites is 1. The highest BCUT2D eigenvalue weighted by Crippen LogP contribution is 2.19. The van der Waals surface area contributed by atoms with Crippen LogP contribution in [0.4, 0.5) is 0 Å². The van der Waals surface area contributed by atoms with Crippen molar-refractivity contribution >= 4 is 21.8 Å². The summed E-state index contributed by atoms with van der Waals surface area (Å²) in [5, 5.41) is 9.14. The summed E-state index contributed by atoms with van der Waals surface area (Å²) in [6.45, 7) is 0. The molecule has 0 fully saturated rings. The van der Waals surface area contributed by atoms with Gasteiger partial charge in [0.25, 0.3) is 0 Å². The molecule has 0 saturated carbocycles. The molecular formula is C10H7N3. The summed E-state index contributed by atoms with van der Waals surface area (Å²) in [7, 11) is 0. The Bertz CT molecular complexity index is 568. The van der Waals surface area contributed by atoms with Gasteiger partial charge < -0.3 is 0 Å². The van der Waals surface area contributed by atoms with Gasteiger partial charge in [-0.1, -0.05) is 18.2 Å². The van der Waals surface area contributed by atoms with Crippen molar-refractivity contribution in [3.63, 3.8) is 0 Å². The van der Waals surface area contributed by atoms with Crippen LogP contribution >= 0.6 is 0 Å². The second-order valence-corrected chi connectivity index (χ2v) is 2.98. The van der Waals surface area contributed by atoms with Crippen LogP contribution in [0.5, 0.6) is 0 Å². The molecule has 2 aromatic heterocycles. The molecule has 0 amide bonds. The molecule has 3 aromatic rings. The number of nitrogens with zero attached hydrogens (tertiary/aromatic N) is 2. The summed E-state index contributed by atoms with van der Waals surface area (Å²) in [5.41, 5.74) is 2.06. The molecule has 0 unspecified atom stereocenters. The zero-order valence-electron chi connectivity index (χ0n) is 6.86. The van der Waals surface area contributed by atoms with E-state index in [1.54, 1.807) is 6.20 Å². The lowest BCUT2D eigenvalue weighted by Gasteiger charge is -1.96. The lowest BCUT2D eigenvalue weighted by Crippen LogP contribution is -1.78. The summed E-state index contributed by atoms with van der Waals surface area (Å²) >= 11 is 0. The van der Waals surface area contributed by atoms with Crippen LogP contribution in [-0.2, 0) is 0 Å². The van der Waals surface area contributed by atoms with E-state index in [9.17, 15) is 0 Å². The molecule has 62 valence electrons. The molecule has 0 radical (unpaired) electrons. The highest BCUT2D eigenvalue weighted by molar-refractivity contribution is 6.02. The third kappa shape index (κ3) is 0.839. The van der Waals surface area contributed by atoms with Crippen LogP contribution in [0.1, 0.15) is 0 Å². The Morgan fingerprint density at radius 3 is 3.00 bits per heavy atom. The van der Waals surface area contributed by atoms with Crippen molar-refractivity contribution in [2.45, 2.75) is 0 Å². The maximum absolute atomic E-state index is 4.32. The first-order chi connectivity index (χ1) is 6.45. The number of aromatic nitrogens is 3. The Hall–Kier alpha value is -1.90. The van der Waals surface area contributed by atoms with Crippen molar-refractivity contribution in [1.29, 1.82) is 0 Å². The molecule has 0 aliphatic heterocycles. The Kier molecular flexibility index (Phi) is 1.16. The van der Waals surface area contributed by atoms with Gasteiger partial charge in [-0.05, 0) is 6.07 Å². The average Bonchev–Trinajstić information content (AvgIpc) is 2.65. The van der Waals surface area contributed by atoms with Gasteiger partial charge in [-0.2, -0.15) is 5.10 Å². The maximum Gasteiger partial charge on any atom is 0.0759 e.